The van der Waals surface area contributed by atoms with E-state index < -0.39 is 0 Å². The Hall–Kier alpha value is -1.30. The Morgan fingerprint density at radius 2 is 2.14 bits per heavy atom. The van der Waals surface area contributed by atoms with E-state index in [0.717, 1.165) is 32.8 Å². The van der Waals surface area contributed by atoms with E-state index in [-0.39, 0.29) is 0 Å². The molecule has 2 heterocycles. The summed E-state index contributed by atoms with van der Waals surface area (Å²) >= 11 is 0. The number of ether oxygens (including phenoxy) is 1. The smallest absolute Gasteiger partial charge is 0.246 e. The molecule has 1 aliphatic heterocycles. The molecule has 2 rings (SSSR count). The molecule has 14 heavy (non-hydrogen) atoms. The molecule has 1 fully saturated rings. The zero-order valence-electron chi connectivity index (χ0n) is 8.31. The average Bonchev–Trinajstić information content (AvgIpc) is 2.61. The molecule has 0 amide bonds. The van der Waals surface area contributed by atoms with Crippen LogP contribution in [0, 0.1) is 0 Å². The van der Waals surface area contributed by atoms with Crippen molar-refractivity contribution in [2.75, 3.05) is 36.9 Å². The predicted octanol–water partition coefficient (Wildman–Crippen LogP) is -0.283. The summed E-state index contributed by atoms with van der Waals surface area (Å²) in [5, 5.41) is 4.30. The third kappa shape index (κ3) is 1.65. The van der Waals surface area contributed by atoms with Crippen molar-refractivity contribution in [3.63, 3.8) is 0 Å². The minimum atomic E-state index is 0.481. The lowest BCUT2D eigenvalue weighted by molar-refractivity contribution is 0.122. The summed E-state index contributed by atoms with van der Waals surface area (Å²) in [5.74, 6) is 1.20. The highest BCUT2D eigenvalue weighted by atomic mass is 16.5. The second-order valence-corrected chi connectivity index (χ2v) is 3.19. The van der Waals surface area contributed by atoms with E-state index in [4.69, 9.17) is 10.5 Å². The normalized spacial score (nSPS) is 17.4. The standard InChI is InChI=1S/C8H15N5O/c1-2-13-7(9)10-8(11-13)12-3-5-14-6-4-12/h2-6H2,1H3,(H2,9,10,11). The van der Waals surface area contributed by atoms with Gasteiger partial charge in [0.1, 0.15) is 0 Å². The highest BCUT2D eigenvalue weighted by Gasteiger charge is 2.16. The lowest BCUT2D eigenvalue weighted by Gasteiger charge is -2.25. The third-order valence-corrected chi connectivity index (χ3v) is 2.28. The van der Waals surface area contributed by atoms with Crippen molar-refractivity contribution < 1.29 is 4.74 Å². The van der Waals surface area contributed by atoms with Crippen LogP contribution in [0.2, 0.25) is 0 Å². The second kappa shape index (κ2) is 3.83. The molecule has 0 bridgehead atoms. The first-order valence-corrected chi connectivity index (χ1v) is 4.84. The van der Waals surface area contributed by atoms with Gasteiger partial charge in [-0.3, -0.25) is 0 Å². The summed E-state index contributed by atoms with van der Waals surface area (Å²) in [6.45, 7) is 5.90. The Labute approximate surface area is 82.7 Å². The van der Waals surface area contributed by atoms with Crippen LogP contribution in [-0.2, 0) is 11.3 Å². The van der Waals surface area contributed by atoms with Crippen LogP contribution in [0.15, 0.2) is 0 Å². The highest BCUT2D eigenvalue weighted by Crippen LogP contribution is 2.12. The van der Waals surface area contributed by atoms with Crippen molar-refractivity contribution in [1.29, 1.82) is 0 Å². The van der Waals surface area contributed by atoms with Gasteiger partial charge in [-0.25, -0.2) is 4.68 Å². The lowest BCUT2D eigenvalue weighted by atomic mass is 10.4. The molecule has 0 saturated carbocycles. The van der Waals surface area contributed by atoms with E-state index in [2.05, 4.69) is 15.0 Å². The van der Waals surface area contributed by atoms with Crippen molar-refractivity contribution in [3.8, 4) is 0 Å². The summed E-state index contributed by atoms with van der Waals surface area (Å²) in [4.78, 5) is 6.29. The maximum atomic E-state index is 5.69. The fourth-order valence-electron chi connectivity index (χ4n) is 1.47. The van der Waals surface area contributed by atoms with Gasteiger partial charge >= 0.3 is 0 Å². The van der Waals surface area contributed by atoms with Crippen LogP contribution >= 0.6 is 0 Å². The number of morpholine rings is 1. The molecule has 0 radical (unpaired) electrons. The first-order chi connectivity index (χ1) is 6.81. The van der Waals surface area contributed by atoms with Gasteiger partial charge in [-0.05, 0) is 6.92 Å². The number of anilines is 2. The maximum Gasteiger partial charge on any atom is 0.246 e. The molecular weight excluding hydrogens is 182 g/mol. The topological polar surface area (TPSA) is 69.2 Å². The van der Waals surface area contributed by atoms with Crippen molar-refractivity contribution >= 4 is 11.9 Å². The van der Waals surface area contributed by atoms with Crippen LogP contribution in [0.1, 0.15) is 6.92 Å². The summed E-state index contributed by atoms with van der Waals surface area (Å²) in [6.07, 6.45) is 0. The van der Waals surface area contributed by atoms with Gasteiger partial charge in [-0.15, -0.1) is 5.10 Å². The summed E-state index contributed by atoms with van der Waals surface area (Å²) in [5.41, 5.74) is 5.69. The van der Waals surface area contributed by atoms with E-state index in [1.54, 1.807) is 4.68 Å². The van der Waals surface area contributed by atoms with Crippen LogP contribution in [0.4, 0.5) is 11.9 Å². The molecule has 1 aliphatic rings. The van der Waals surface area contributed by atoms with Gasteiger partial charge in [0.05, 0.1) is 13.2 Å². The number of rotatable bonds is 2. The van der Waals surface area contributed by atoms with Gasteiger partial charge in [0.2, 0.25) is 11.9 Å². The number of hydrogen-bond donors (Lipinski definition) is 1. The Balaban J connectivity index is 2.14. The van der Waals surface area contributed by atoms with Gasteiger partial charge in [-0.2, -0.15) is 4.98 Å². The molecular formula is C8H15N5O. The van der Waals surface area contributed by atoms with E-state index in [1.165, 1.54) is 0 Å². The Kier molecular flexibility index (Phi) is 2.53. The predicted molar refractivity (Wildman–Crippen MR) is 53.1 cm³/mol. The zero-order valence-corrected chi connectivity index (χ0v) is 8.31. The first kappa shape index (κ1) is 9.26. The Morgan fingerprint density at radius 3 is 2.71 bits per heavy atom. The molecule has 0 atom stereocenters. The zero-order chi connectivity index (χ0) is 9.97. The number of nitrogen functional groups attached to an aromatic ring is 1. The van der Waals surface area contributed by atoms with Crippen molar-refractivity contribution in [2.45, 2.75) is 13.5 Å². The minimum absolute atomic E-state index is 0.481. The van der Waals surface area contributed by atoms with Crippen LogP contribution in [0.5, 0.6) is 0 Å². The number of aromatic nitrogens is 3. The molecule has 1 aromatic rings. The number of nitrogens with two attached hydrogens (primary N) is 1. The van der Waals surface area contributed by atoms with E-state index in [9.17, 15) is 0 Å². The highest BCUT2D eigenvalue weighted by molar-refractivity contribution is 5.35. The van der Waals surface area contributed by atoms with Crippen molar-refractivity contribution in [3.05, 3.63) is 0 Å². The molecule has 2 N–H and O–H groups in total. The molecule has 78 valence electrons. The summed E-state index contributed by atoms with van der Waals surface area (Å²) in [6, 6.07) is 0. The Morgan fingerprint density at radius 1 is 1.43 bits per heavy atom. The number of hydrogen-bond acceptors (Lipinski definition) is 5. The summed E-state index contributed by atoms with van der Waals surface area (Å²) < 4.78 is 6.95. The first-order valence-electron chi connectivity index (χ1n) is 4.84. The monoisotopic (exact) mass is 197 g/mol. The van der Waals surface area contributed by atoms with E-state index >= 15 is 0 Å². The van der Waals surface area contributed by atoms with Gasteiger partial charge in [-0.1, -0.05) is 0 Å². The SMILES string of the molecule is CCn1nc(N2CCOCC2)nc1N. The Bertz CT molecular complexity index is 305. The van der Waals surface area contributed by atoms with Crippen LogP contribution in [0.25, 0.3) is 0 Å². The van der Waals surface area contributed by atoms with Gasteiger partial charge in [0, 0.05) is 19.6 Å². The van der Waals surface area contributed by atoms with E-state index in [0.29, 0.717) is 11.9 Å². The fourth-order valence-corrected chi connectivity index (χ4v) is 1.47. The van der Waals surface area contributed by atoms with Crippen molar-refractivity contribution in [1.82, 2.24) is 14.8 Å². The molecule has 0 unspecified atom stereocenters. The van der Waals surface area contributed by atoms with Crippen LogP contribution in [0.3, 0.4) is 0 Å². The quantitative estimate of drug-likeness (QED) is 0.706. The minimum Gasteiger partial charge on any atom is -0.378 e. The molecule has 1 saturated heterocycles. The molecule has 1 aromatic heterocycles. The maximum absolute atomic E-state index is 5.69. The molecule has 0 spiro atoms. The largest absolute Gasteiger partial charge is 0.378 e. The second-order valence-electron chi connectivity index (χ2n) is 3.19. The molecule has 6 heteroatoms. The number of aryl methyl sites for hydroxylation is 1. The van der Waals surface area contributed by atoms with Gasteiger partial charge in [0.25, 0.3) is 0 Å². The molecule has 0 aliphatic carbocycles. The fraction of sp³-hybridized carbons (Fsp3) is 0.750. The van der Waals surface area contributed by atoms with Crippen LogP contribution < -0.4 is 10.6 Å². The van der Waals surface area contributed by atoms with Gasteiger partial charge in [0.15, 0.2) is 0 Å². The molecule has 0 aromatic carbocycles. The van der Waals surface area contributed by atoms with Crippen LogP contribution in [-0.4, -0.2) is 41.1 Å². The lowest BCUT2D eigenvalue weighted by Crippen LogP contribution is -2.37. The van der Waals surface area contributed by atoms with Gasteiger partial charge < -0.3 is 15.4 Å². The van der Waals surface area contributed by atoms with Crippen molar-refractivity contribution in [2.24, 2.45) is 0 Å². The average molecular weight is 197 g/mol. The third-order valence-electron chi connectivity index (χ3n) is 2.28. The van der Waals surface area contributed by atoms with E-state index in [1.807, 2.05) is 6.92 Å². The molecule has 6 nitrogen and oxygen atoms in total. The summed E-state index contributed by atoms with van der Waals surface area (Å²) in [7, 11) is 0. The number of nitrogens with zero attached hydrogens (tertiary/aromatic N) is 4.